The molecule has 2 bridgehead atoms. The smallest absolute Gasteiger partial charge is 0.257 e. The second-order valence-corrected chi connectivity index (χ2v) is 10.2. The van der Waals surface area contributed by atoms with Gasteiger partial charge in [0.15, 0.2) is 0 Å². The summed E-state index contributed by atoms with van der Waals surface area (Å²) in [5.41, 5.74) is 1.84. The zero-order valence-corrected chi connectivity index (χ0v) is 17.0. The molecule has 0 radical (unpaired) electrons. The second kappa shape index (κ2) is 6.26. The van der Waals surface area contributed by atoms with Crippen molar-refractivity contribution in [2.24, 2.45) is 5.92 Å². The van der Waals surface area contributed by atoms with Crippen LogP contribution in [0.5, 0.6) is 5.75 Å². The molecular formula is C22H33NO3. The molecule has 1 amide bonds. The van der Waals surface area contributed by atoms with Crippen molar-refractivity contribution in [1.29, 1.82) is 0 Å². The Morgan fingerprint density at radius 3 is 2.23 bits per heavy atom. The van der Waals surface area contributed by atoms with Gasteiger partial charge in [0.05, 0.1) is 17.7 Å². The number of amides is 1. The molecule has 3 aliphatic rings. The van der Waals surface area contributed by atoms with Gasteiger partial charge in [-0.15, -0.1) is 0 Å². The third-order valence-corrected chi connectivity index (χ3v) is 6.02. The first kappa shape index (κ1) is 19.2. The fraction of sp³-hybridized carbons (Fsp3) is 0.682. The van der Waals surface area contributed by atoms with Crippen molar-refractivity contribution in [3.63, 3.8) is 0 Å². The molecule has 144 valence electrons. The Morgan fingerprint density at radius 1 is 1.08 bits per heavy atom. The summed E-state index contributed by atoms with van der Waals surface area (Å²) in [7, 11) is 0. The number of hydrogen-bond acceptors (Lipinski definition) is 3. The van der Waals surface area contributed by atoms with E-state index in [9.17, 15) is 15.0 Å². The van der Waals surface area contributed by atoms with Gasteiger partial charge in [0, 0.05) is 12.1 Å². The number of aromatic hydroxyl groups is 1. The molecule has 4 nitrogen and oxygen atoms in total. The molecule has 26 heavy (non-hydrogen) atoms. The Labute approximate surface area is 157 Å². The van der Waals surface area contributed by atoms with Crippen molar-refractivity contribution < 1.29 is 15.0 Å². The molecule has 4 rings (SSSR count). The van der Waals surface area contributed by atoms with Gasteiger partial charge in [-0.3, -0.25) is 4.79 Å². The first-order chi connectivity index (χ1) is 11.9. The lowest BCUT2D eigenvalue weighted by Crippen LogP contribution is -2.57. The normalized spacial score (nSPS) is 26.3. The van der Waals surface area contributed by atoms with Crippen molar-refractivity contribution in [3.8, 4) is 5.75 Å². The Morgan fingerprint density at radius 2 is 1.73 bits per heavy atom. The first-order valence-corrected chi connectivity index (χ1v) is 9.76. The molecule has 4 heteroatoms. The summed E-state index contributed by atoms with van der Waals surface area (Å²) < 4.78 is 0. The molecule has 2 N–H and O–H groups in total. The fourth-order valence-corrected chi connectivity index (χ4v) is 4.35. The SMILES string of the molecule is CC(C)(C)c1cc(C(=O)N2CC3CCC2C(O)C3)c(O)c(C(C)(C)C)c1. The number of carbonyl (C=O) groups is 1. The average Bonchev–Trinajstić information content (AvgIpc) is 2.52. The monoisotopic (exact) mass is 359 g/mol. The number of phenolic OH excluding ortho intramolecular Hbond substituents is 1. The molecule has 3 atom stereocenters. The number of fused-ring (bicyclic) bond motifs is 3. The van der Waals surface area contributed by atoms with Crippen LogP contribution in [0.25, 0.3) is 0 Å². The highest BCUT2D eigenvalue weighted by molar-refractivity contribution is 5.98. The van der Waals surface area contributed by atoms with Crippen LogP contribution in [0.3, 0.4) is 0 Å². The molecule has 0 spiro atoms. The molecule has 0 aromatic heterocycles. The van der Waals surface area contributed by atoms with E-state index in [-0.39, 0.29) is 28.5 Å². The minimum absolute atomic E-state index is 0.0893. The Hall–Kier alpha value is -1.55. The van der Waals surface area contributed by atoms with Crippen LogP contribution < -0.4 is 0 Å². The van der Waals surface area contributed by atoms with Gasteiger partial charge in [-0.2, -0.15) is 0 Å². The Balaban J connectivity index is 2.07. The Bertz CT molecular complexity index is 711. The van der Waals surface area contributed by atoms with Crippen LogP contribution in [0.1, 0.15) is 82.3 Å². The lowest BCUT2D eigenvalue weighted by molar-refractivity contribution is -0.0413. The number of carbonyl (C=O) groups excluding carboxylic acids is 1. The zero-order valence-electron chi connectivity index (χ0n) is 17.0. The lowest BCUT2D eigenvalue weighted by atomic mass is 9.76. The highest BCUT2D eigenvalue weighted by atomic mass is 16.3. The van der Waals surface area contributed by atoms with E-state index in [0.717, 1.165) is 30.4 Å². The highest BCUT2D eigenvalue weighted by Gasteiger charge is 2.43. The van der Waals surface area contributed by atoms with Gasteiger partial charge >= 0.3 is 0 Å². The lowest BCUT2D eigenvalue weighted by Gasteiger charge is -2.48. The van der Waals surface area contributed by atoms with Gasteiger partial charge < -0.3 is 15.1 Å². The standard InChI is InChI=1S/C22H33NO3/c1-21(2,3)14-10-15(19(25)16(11-14)22(4,5)6)20(26)23-12-13-7-8-17(23)18(24)9-13/h10-11,13,17-18,24-25H,7-9,12H2,1-6H3. The van der Waals surface area contributed by atoms with Crippen molar-refractivity contribution in [3.05, 3.63) is 28.8 Å². The van der Waals surface area contributed by atoms with Gasteiger partial charge in [0.25, 0.3) is 5.91 Å². The van der Waals surface area contributed by atoms with E-state index in [4.69, 9.17) is 0 Å². The van der Waals surface area contributed by atoms with Crippen molar-refractivity contribution in [2.75, 3.05) is 6.54 Å². The molecule has 1 aromatic carbocycles. The maximum Gasteiger partial charge on any atom is 0.257 e. The third-order valence-electron chi connectivity index (χ3n) is 6.02. The summed E-state index contributed by atoms with van der Waals surface area (Å²) in [6.45, 7) is 13.2. The number of hydrogen-bond donors (Lipinski definition) is 2. The predicted octanol–water partition coefficient (Wildman–Crippen LogP) is 3.97. The number of aliphatic hydroxyl groups excluding tert-OH is 1. The van der Waals surface area contributed by atoms with Crippen molar-refractivity contribution in [1.82, 2.24) is 4.90 Å². The molecule has 3 unspecified atom stereocenters. The number of phenols is 1. The fourth-order valence-electron chi connectivity index (χ4n) is 4.35. The van der Waals surface area contributed by atoms with Gasteiger partial charge in [-0.25, -0.2) is 0 Å². The summed E-state index contributed by atoms with van der Waals surface area (Å²) in [6, 6.07) is 3.76. The van der Waals surface area contributed by atoms with Crippen LogP contribution in [0, 0.1) is 5.92 Å². The van der Waals surface area contributed by atoms with Crippen LogP contribution in [0.15, 0.2) is 12.1 Å². The first-order valence-electron chi connectivity index (χ1n) is 9.76. The zero-order chi connectivity index (χ0) is 19.4. The summed E-state index contributed by atoms with van der Waals surface area (Å²) in [6.07, 6.45) is 2.27. The maximum atomic E-state index is 13.4. The summed E-state index contributed by atoms with van der Waals surface area (Å²) >= 11 is 0. The van der Waals surface area contributed by atoms with Gasteiger partial charge in [0.2, 0.25) is 0 Å². The molecule has 3 fully saturated rings. The minimum atomic E-state index is -0.443. The van der Waals surface area contributed by atoms with E-state index in [2.05, 4.69) is 41.5 Å². The van der Waals surface area contributed by atoms with E-state index >= 15 is 0 Å². The highest BCUT2D eigenvalue weighted by Crippen LogP contribution is 2.41. The number of aliphatic hydroxyl groups is 1. The van der Waals surface area contributed by atoms with Crippen LogP contribution in [0.2, 0.25) is 0 Å². The van der Waals surface area contributed by atoms with Gasteiger partial charge in [0.1, 0.15) is 5.75 Å². The van der Waals surface area contributed by atoms with Gasteiger partial charge in [-0.1, -0.05) is 47.6 Å². The molecule has 1 saturated carbocycles. The van der Waals surface area contributed by atoms with E-state index in [1.165, 1.54) is 0 Å². The van der Waals surface area contributed by atoms with E-state index in [1.54, 1.807) is 4.90 Å². The molecule has 2 saturated heterocycles. The van der Waals surface area contributed by atoms with E-state index in [1.807, 2.05) is 12.1 Å². The topological polar surface area (TPSA) is 60.8 Å². The third kappa shape index (κ3) is 3.36. The largest absolute Gasteiger partial charge is 0.507 e. The van der Waals surface area contributed by atoms with Crippen LogP contribution >= 0.6 is 0 Å². The predicted molar refractivity (Wildman–Crippen MR) is 104 cm³/mol. The Kier molecular flexibility index (Phi) is 4.63. The van der Waals surface area contributed by atoms with Crippen LogP contribution in [-0.4, -0.2) is 39.7 Å². The van der Waals surface area contributed by atoms with Crippen LogP contribution in [0.4, 0.5) is 0 Å². The van der Waals surface area contributed by atoms with Crippen molar-refractivity contribution in [2.45, 2.75) is 83.8 Å². The molecule has 2 aliphatic heterocycles. The number of piperidine rings is 2. The summed E-state index contributed by atoms with van der Waals surface area (Å²) in [4.78, 5) is 15.2. The second-order valence-electron chi connectivity index (χ2n) is 10.2. The van der Waals surface area contributed by atoms with Crippen LogP contribution in [-0.2, 0) is 10.8 Å². The quantitative estimate of drug-likeness (QED) is 0.797. The number of nitrogens with zero attached hydrogens (tertiary/aromatic N) is 1. The maximum absolute atomic E-state index is 13.4. The van der Waals surface area contributed by atoms with Gasteiger partial charge in [-0.05, 0) is 47.6 Å². The molecule has 1 aromatic rings. The molecule has 1 aliphatic carbocycles. The molecule has 2 heterocycles. The minimum Gasteiger partial charge on any atom is -0.507 e. The summed E-state index contributed by atoms with van der Waals surface area (Å²) in [5, 5.41) is 21.3. The van der Waals surface area contributed by atoms with E-state index < -0.39 is 6.10 Å². The average molecular weight is 360 g/mol. The molecular weight excluding hydrogens is 326 g/mol. The number of rotatable bonds is 1. The van der Waals surface area contributed by atoms with E-state index in [0.29, 0.717) is 18.0 Å². The summed E-state index contributed by atoms with van der Waals surface area (Å²) in [5.74, 6) is 0.313. The van der Waals surface area contributed by atoms with Crippen molar-refractivity contribution >= 4 is 5.91 Å². The number of benzene rings is 1.